The van der Waals surface area contributed by atoms with Gasteiger partial charge in [-0.1, -0.05) is 41.9 Å². The van der Waals surface area contributed by atoms with Crippen molar-refractivity contribution in [2.45, 2.75) is 12.2 Å². The Morgan fingerprint density at radius 1 is 1.50 bits per heavy atom. The molecule has 0 fully saturated rings. The summed E-state index contributed by atoms with van der Waals surface area (Å²) in [5.41, 5.74) is -1.01. The number of carbonyl (C=O) groups is 1. The van der Waals surface area contributed by atoms with Crippen molar-refractivity contribution in [3.05, 3.63) is 35.9 Å². The minimum atomic E-state index is -1.95. The normalized spacial score (nSPS) is 12.2. The van der Waals surface area contributed by atoms with Crippen LogP contribution >= 0.6 is 11.6 Å². The molecule has 0 radical (unpaired) electrons. The Labute approximate surface area is 87.3 Å². The van der Waals surface area contributed by atoms with Crippen LogP contribution in [0.15, 0.2) is 30.3 Å². The number of carbonyl (C=O) groups excluding carboxylic acids is 1. The maximum absolute atomic E-state index is 12.4. The van der Waals surface area contributed by atoms with E-state index in [9.17, 15) is 9.18 Å². The van der Waals surface area contributed by atoms with E-state index in [1.165, 1.54) is 11.9 Å². The molecule has 76 valence electrons. The van der Waals surface area contributed by atoms with Crippen molar-refractivity contribution in [3.8, 4) is 0 Å². The number of halogens is 2. The largest absolute Gasteiger partial charge is 0.338 e. The van der Waals surface area contributed by atoms with Crippen LogP contribution in [0.2, 0.25) is 0 Å². The van der Waals surface area contributed by atoms with Crippen molar-refractivity contribution in [1.29, 1.82) is 0 Å². The molecule has 0 N–H and O–H groups in total. The van der Waals surface area contributed by atoms with Crippen LogP contribution in [0.25, 0.3) is 0 Å². The standard InChI is InChI=1S/C10H11ClFNO/c1-13(10(14)9(11)12)7-8-5-3-2-4-6-8/h2-6,9H,7H2,1H3. The fourth-order valence-electron chi connectivity index (χ4n) is 1.10. The van der Waals surface area contributed by atoms with Gasteiger partial charge < -0.3 is 4.90 Å². The summed E-state index contributed by atoms with van der Waals surface area (Å²) in [4.78, 5) is 12.3. The minimum Gasteiger partial charge on any atom is -0.338 e. The highest BCUT2D eigenvalue weighted by Gasteiger charge is 2.17. The first-order valence-electron chi connectivity index (χ1n) is 4.18. The lowest BCUT2D eigenvalue weighted by molar-refractivity contribution is -0.132. The van der Waals surface area contributed by atoms with Crippen LogP contribution in [0.4, 0.5) is 4.39 Å². The van der Waals surface area contributed by atoms with E-state index in [2.05, 4.69) is 0 Å². The number of nitrogens with zero attached hydrogens (tertiary/aromatic N) is 1. The van der Waals surface area contributed by atoms with E-state index in [-0.39, 0.29) is 0 Å². The molecule has 0 aliphatic carbocycles. The van der Waals surface area contributed by atoms with E-state index in [1.807, 2.05) is 30.3 Å². The lowest BCUT2D eigenvalue weighted by Gasteiger charge is -2.16. The Kier molecular flexibility index (Phi) is 3.89. The monoisotopic (exact) mass is 215 g/mol. The average Bonchev–Trinajstić information content (AvgIpc) is 2.18. The van der Waals surface area contributed by atoms with Gasteiger partial charge in [0, 0.05) is 13.6 Å². The zero-order valence-electron chi connectivity index (χ0n) is 7.78. The molecule has 1 rings (SSSR count). The summed E-state index contributed by atoms with van der Waals surface area (Å²) in [6, 6.07) is 9.34. The third-order valence-corrected chi connectivity index (χ3v) is 2.01. The van der Waals surface area contributed by atoms with Crippen molar-refractivity contribution in [3.63, 3.8) is 0 Å². The maximum atomic E-state index is 12.4. The second-order valence-corrected chi connectivity index (χ2v) is 3.36. The van der Waals surface area contributed by atoms with Gasteiger partial charge in [0.05, 0.1) is 0 Å². The van der Waals surface area contributed by atoms with Gasteiger partial charge in [-0.15, -0.1) is 0 Å². The van der Waals surface area contributed by atoms with E-state index in [1.54, 1.807) is 0 Å². The molecule has 0 heterocycles. The lowest BCUT2D eigenvalue weighted by atomic mass is 10.2. The molecular weight excluding hydrogens is 205 g/mol. The number of amides is 1. The fourth-order valence-corrected chi connectivity index (χ4v) is 1.27. The van der Waals surface area contributed by atoms with Crippen LogP contribution in [0, 0.1) is 0 Å². The first-order valence-corrected chi connectivity index (χ1v) is 4.62. The second-order valence-electron chi connectivity index (χ2n) is 2.98. The maximum Gasteiger partial charge on any atom is 0.272 e. The topological polar surface area (TPSA) is 20.3 Å². The number of hydrogen-bond donors (Lipinski definition) is 0. The van der Waals surface area contributed by atoms with Gasteiger partial charge in [-0.3, -0.25) is 4.79 Å². The Balaban J connectivity index is 2.57. The summed E-state index contributed by atoms with van der Waals surface area (Å²) < 4.78 is 12.4. The molecule has 0 bridgehead atoms. The molecule has 4 heteroatoms. The van der Waals surface area contributed by atoms with Gasteiger partial charge in [0.1, 0.15) is 0 Å². The molecule has 0 saturated carbocycles. The van der Waals surface area contributed by atoms with Crippen LogP contribution in [0.1, 0.15) is 5.56 Å². The summed E-state index contributed by atoms with van der Waals surface area (Å²) in [7, 11) is 1.52. The summed E-state index contributed by atoms with van der Waals surface area (Å²) in [5, 5.41) is 0. The first-order chi connectivity index (χ1) is 6.61. The predicted molar refractivity (Wildman–Crippen MR) is 53.7 cm³/mol. The lowest BCUT2D eigenvalue weighted by Crippen LogP contribution is -2.30. The Morgan fingerprint density at radius 3 is 2.57 bits per heavy atom. The fraction of sp³-hybridized carbons (Fsp3) is 0.300. The average molecular weight is 216 g/mol. The van der Waals surface area contributed by atoms with E-state index in [0.717, 1.165) is 5.56 Å². The van der Waals surface area contributed by atoms with E-state index >= 15 is 0 Å². The number of rotatable bonds is 3. The van der Waals surface area contributed by atoms with Gasteiger partial charge in [-0.2, -0.15) is 0 Å². The molecule has 0 aliphatic heterocycles. The molecule has 14 heavy (non-hydrogen) atoms. The predicted octanol–water partition coefficient (Wildman–Crippen LogP) is 2.18. The molecular formula is C10H11ClFNO. The van der Waals surface area contributed by atoms with Crippen LogP contribution in [0.3, 0.4) is 0 Å². The van der Waals surface area contributed by atoms with E-state index < -0.39 is 11.5 Å². The smallest absolute Gasteiger partial charge is 0.272 e. The number of alkyl halides is 2. The number of benzene rings is 1. The summed E-state index contributed by atoms with van der Waals surface area (Å²) >= 11 is 5.03. The summed E-state index contributed by atoms with van der Waals surface area (Å²) in [6.07, 6.45) is 0. The van der Waals surface area contributed by atoms with Gasteiger partial charge in [-0.25, -0.2) is 4.39 Å². The molecule has 0 aliphatic rings. The van der Waals surface area contributed by atoms with Crippen molar-refractivity contribution < 1.29 is 9.18 Å². The van der Waals surface area contributed by atoms with Crippen molar-refractivity contribution >= 4 is 17.5 Å². The first kappa shape index (κ1) is 11.0. The van der Waals surface area contributed by atoms with E-state index in [4.69, 9.17) is 11.6 Å². The third-order valence-electron chi connectivity index (χ3n) is 1.83. The van der Waals surface area contributed by atoms with Gasteiger partial charge in [0.15, 0.2) is 0 Å². The SMILES string of the molecule is CN(Cc1ccccc1)C(=O)C(F)Cl. The molecule has 1 aromatic rings. The molecule has 1 aromatic carbocycles. The van der Waals surface area contributed by atoms with Crippen molar-refractivity contribution in [2.24, 2.45) is 0 Å². The van der Waals surface area contributed by atoms with E-state index in [0.29, 0.717) is 6.54 Å². The van der Waals surface area contributed by atoms with Crippen LogP contribution < -0.4 is 0 Å². The summed E-state index contributed by atoms with van der Waals surface area (Å²) in [5.74, 6) is -0.712. The van der Waals surface area contributed by atoms with Crippen LogP contribution in [-0.4, -0.2) is 23.5 Å². The van der Waals surface area contributed by atoms with Crippen LogP contribution in [-0.2, 0) is 11.3 Å². The Bertz CT molecular complexity index is 302. The quantitative estimate of drug-likeness (QED) is 0.708. The molecule has 0 saturated heterocycles. The zero-order chi connectivity index (χ0) is 10.6. The minimum absolute atomic E-state index is 0.368. The van der Waals surface area contributed by atoms with Gasteiger partial charge in [0.2, 0.25) is 0 Å². The Hall–Kier alpha value is -1.09. The van der Waals surface area contributed by atoms with Gasteiger partial charge in [-0.05, 0) is 5.56 Å². The molecule has 1 unspecified atom stereocenters. The summed E-state index contributed by atoms with van der Waals surface area (Å²) in [6.45, 7) is 0.368. The molecule has 1 amide bonds. The second kappa shape index (κ2) is 4.96. The van der Waals surface area contributed by atoms with Crippen molar-refractivity contribution in [2.75, 3.05) is 7.05 Å². The van der Waals surface area contributed by atoms with Gasteiger partial charge in [0.25, 0.3) is 11.5 Å². The number of hydrogen-bond acceptors (Lipinski definition) is 1. The molecule has 2 nitrogen and oxygen atoms in total. The van der Waals surface area contributed by atoms with Gasteiger partial charge >= 0.3 is 0 Å². The molecule has 0 spiro atoms. The van der Waals surface area contributed by atoms with Crippen LogP contribution in [0.5, 0.6) is 0 Å². The molecule has 1 atom stereocenters. The highest BCUT2D eigenvalue weighted by atomic mass is 35.5. The highest BCUT2D eigenvalue weighted by molar-refractivity contribution is 6.29. The third kappa shape index (κ3) is 3.00. The Morgan fingerprint density at radius 2 is 2.07 bits per heavy atom. The zero-order valence-corrected chi connectivity index (χ0v) is 8.54. The molecule has 0 aromatic heterocycles. The highest BCUT2D eigenvalue weighted by Crippen LogP contribution is 2.07. The van der Waals surface area contributed by atoms with Crippen molar-refractivity contribution in [1.82, 2.24) is 4.90 Å².